The fraction of sp³-hybridized carbons (Fsp3) is 0.520. The van der Waals surface area contributed by atoms with Crippen LogP contribution in [0.5, 0.6) is 0 Å². The minimum absolute atomic E-state index is 0.254. The summed E-state index contributed by atoms with van der Waals surface area (Å²) in [5.74, 6) is 0.536. The van der Waals surface area contributed by atoms with Crippen LogP contribution in [0.2, 0.25) is 0 Å². The van der Waals surface area contributed by atoms with Crippen LogP contribution in [0.15, 0.2) is 60.7 Å². The molecule has 0 atom stereocenters. The van der Waals surface area contributed by atoms with Gasteiger partial charge < -0.3 is 5.32 Å². The molecule has 2 aromatic rings. The first-order valence-electron chi connectivity index (χ1n) is 10.4. The maximum absolute atomic E-state index is 3.58. The lowest BCUT2D eigenvalue weighted by atomic mass is 9.87. The first kappa shape index (κ1) is 20.7. The van der Waals surface area contributed by atoms with E-state index < -0.39 is 0 Å². The second-order valence-electron chi connectivity index (χ2n) is 8.46. The number of unbranched alkanes of at least 4 members (excludes halogenated alkanes) is 5. The SMILES string of the molecule is CC(C)(C)NCCCCCCCCC(c1ccccc1)c1ccccc1. The van der Waals surface area contributed by atoms with E-state index in [1.807, 2.05) is 0 Å². The van der Waals surface area contributed by atoms with Gasteiger partial charge in [-0.2, -0.15) is 0 Å². The van der Waals surface area contributed by atoms with Gasteiger partial charge in [0.25, 0.3) is 0 Å². The van der Waals surface area contributed by atoms with Crippen molar-refractivity contribution in [1.29, 1.82) is 0 Å². The van der Waals surface area contributed by atoms with Gasteiger partial charge in [0.15, 0.2) is 0 Å². The second-order valence-corrected chi connectivity index (χ2v) is 8.46. The van der Waals surface area contributed by atoms with Gasteiger partial charge in [0.1, 0.15) is 0 Å². The van der Waals surface area contributed by atoms with Gasteiger partial charge >= 0.3 is 0 Å². The Bertz CT molecular complexity index is 543. The van der Waals surface area contributed by atoms with Crippen molar-refractivity contribution in [2.24, 2.45) is 0 Å². The fourth-order valence-corrected chi connectivity index (χ4v) is 3.54. The highest BCUT2D eigenvalue weighted by atomic mass is 14.9. The maximum atomic E-state index is 3.58. The average Bonchev–Trinajstić information content (AvgIpc) is 2.64. The monoisotopic (exact) mass is 351 g/mol. The van der Waals surface area contributed by atoms with Crippen LogP contribution in [0.25, 0.3) is 0 Å². The molecule has 0 unspecified atom stereocenters. The highest BCUT2D eigenvalue weighted by molar-refractivity contribution is 5.32. The van der Waals surface area contributed by atoms with E-state index in [2.05, 4.69) is 86.8 Å². The van der Waals surface area contributed by atoms with Crippen LogP contribution < -0.4 is 5.32 Å². The topological polar surface area (TPSA) is 12.0 Å². The van der Waals surface area contributed by atoms with Crippen molar-refractivity contribution in [3.05, 3.63) is 71.8 Å². The van der Waals surface area contributed by atoms with Crippen molar-refractivity contribution in [1.82, 2.24) is 5.32 Å². The molecule has 2 rings (SSSR count). The third-order valence-corrected chi connectivity index (χ3v) is 4.98. The molecule has 2 aromatic carbocycles. The number of nitrogens with one attached hydrogen (secondary N) is 1. The van der Waals surface area contributed by atoms with Crippen LogP contribution in [0.3, 0.4) is 0 Å². The van der Waals surface area contributed by atoms with Gasteiger partial charge in [-0.15, -0.1) is 0 Å². The number of hydrogen-bond acceptors (Lipinski definition) is 1. The highest BCUT2D eigenvalue weighted by Gasteiger charge is 2.13. The molecule has 0 radical (unpaired) electrons. The minimum Gasteiger partial charge on any atom is -0.312 e. The Kier molecular flexibility index (Phi) is 8.91. The molecule has 26 heavy (non-hydrogen) atoms. The molecule has 0 saturated carbocycles. The van der Waals surface area contributed by atoms with Crippen LogP contribution in [0.4, 0.5) is 0 Å². The van der Waals surface area contributed by atoms with E-state index in [-0.39, 0.29) is 5.54 Å². The smallest absolute Gasteiger partial charge is 0.00965 e. The van der Waals surface area contributed by atoms with E-state index in [4.69, 9.17) is 0 Å². The summed E-state index contributed by atoms with van der Waals surface area (Å²) in [5, 5.41) is 3.58. The largest absolute Gasteiger partial charge is 0.312 e. The molecule has 0 aliphatic carbocycles. The molecule has 0 aliphatic rings. The Balaban J connectivity index is 1.69. The summed E-state index contributed by atoms with van der Waals surface area (Å²) in [6.45, 7) is 7.86. The van der Waals surface area contributed by atoms with Crippen molar-refractivity contribution >= 4 is 0 Å². The average molecular weight is 352 g/mol. The quantitative estimate of drug-likeness (QED) is 0.432. The molecule has 0 spiro atoms. The van der Waals surface area contributed by atoms with Crippen LogP contribution in [-0.2, 0) is 0 Å². The van der Waals surface area contributed by atoms with Gasteiger partial charge in [-0.25, -0.2) is 0 Å². The summed E-state index contributed by atoms with van der Waals surface area (Å²) < 4.78 is 0. The maximum Gasteiger partial charge on any atom is 0.00965 e. The van der Waals surface area contributed by atoms with Crippen molar-refractivity contribution in [3.8, 4) is 0 Å². The van der Waals surface area contributed by atoms with Crippen molar-refractivity contribution in [2.75, 3.05) is 6.54 Å². The molecule has 1 nitrogen and oxygen atoms in total. The van der Waals surface area contributed by atoms with E-state index in [0.717, 1.165) is 6.54 Å². The van der Waals surface area contributed by atoms with Crippen molar-refractivity contribution in [2.45, 2.75) is 77.2 Å². The normalized spacial score (nSPS) is 11.8. The van der Waals surface area contributed by atoms with E-state index in [0.29, 0.717) is 5.92 Å². The Labute approximate surface area is 161 Å². The van der Waals surface area contributed by atoms with E-state index in [9.17, 15) is 0 Å². The molecule has 142 valence electrons. The van der Waals surface area contributed by atoms with Crippen molar-refractivity contribution < 1.29 is 0 Å². The molecule has 0 aliphatic heterocycles. The van der Waals surface area contributed by atoms with Gasteiger partial charge in [-0.05, 0) is 51.3 Å². The predicted molar refractivity (Wildman–Crippen MR) is 115 cm³/mol. The Morgan fingerprint density at radius 2 is 1.12 bits per heavy atom. The first-order chi connectivity index (χ1) is 12.6. The third kappa shape index (κ3) is 8.19. The van der Waals surface area contributed by atoms with Crippen LogP contribution in [0.1, 0.15) is 82.8 Å². The molecule has 0 fully saturated rings. The van der Waals surface area contributed by atoms with Gasteiger partial charge in [-0.1, -0.05) is 92.8 Å². The Morgan fingerprint density at radius 3 is 1.62 bits per heavy atom. The van der Waals surface area contributed by atoms with Crippen LogP contribution in [0, 0.1) is 0 Å². The Morgan fingerprint density at radius 1 is 0.654 bits per heavy atom. The lowest BCUT2D eigenvalue weighted by Crippen LogP contribution is -2.36. The summed E-state index contributed by atoms with van der Waals surface area (Å²) in [7, 11) is 0. The Hall–Kier alpha value is -1.60. The van der Waals surface area contributed by atoms with Gasteiger partial charge in [0, 0.05) is 11.5 Å². The summed E-state index contributed by atoms with van der Waals surface area (Å²) in [4.78, 5) is 0. The second kappa shape index (κ2) is 11.2. The van der Waals surface area contributed by atoms with E-state index in [1.165, 1.54) is 56.1 Å². The molecular formula is C25H37N. The number of hydrogen-bond donors (Lipinski definition) is 1. The molecule has 0 bridgehead atoms. The number of benzene rings is 2. The fourth-order valence-electron chi connectivity index (χ4n) is 3.54. The summed E-state index contributed by atoms with van der Waals surface area (Å²) in [5.41, 5.74) is 3.16. The number of rotatable bonds is 11. The molecular weight excluding hydrogens is 314 g/mol. The molecule has 0 heterocycles. The van der Waals surface area contributed by atoms with Gasteiger partial charge in [-0.3, -0.25) is 0 Å². The molecule has 0 amide bonds. The van der Waals surface area contributed by atoms with Crippen LogP contribution >= 0.6 is 0 Å². The zero-order valence-corrected chi connectivity index (χ0v) is 17.0. The van der Waals surface area contributed by atoms with Crippen LogP contribution in [-0.4, -0.2) is 12.1 Å². The lowest BCUT2D eigenvalue weighted by Gasteiger charge is -2.20. The summed E-state index contributed by atoms with van der Waals surface area (Å²) >= 11 is 0. The van der Waals surface area contributed by atoms with E-state index in [1.54, 1.807) is 0 Å². The molecule has 1 N–H and O–H groups in total. The zero-order chi connectivity index (χ0) is 18.7. The highest BCUT2D eigenvalue weighted by Crippen LogP contribution is 2.29. The molecule has 0 aromatic heterocycles. The zero-order valence-electron chi connectivity index (χ0n) is 17.0. The summed E-state index contributed by atoms with van der Waals surface area (Å²) in [6.07, 6.45) is 9.30. The van der Waals surface area contributed by atoms with Gasteiger partial charge in [0.05, 0.1) is 0 Å². The van der Waals surface area contributed by atoms with Gasteiger partial charge in [0.2, 0.25) is 0 Å². The first-order valence-corrected chi connectivity index (χ1v) is 10.4. The summed E-state index contributed by atoms with van der Waals surface area (Å²) in [6, 6.07) is 22.0. The third-order valence-electron chi connectivity index (χ3n) is 4.98. The minimum atomic E-state index is 0.254. The molecule has 0 saturated heterocycles. The predicted octanol–water partition coefficient (Wildman–Crippen LogP) is 6.94. The van der Waals surface area contributed by atoms with Crippen molar-refractivity contribution in [3.63, 3.8) is 0 Å². The lowest BCUT2D eigenvalue weighted by molar-refractivity contribution is 0.415. The standard InChI is InChI=1S/C25H37N/c1-25(2,3)26-21-15-7-5-4-6-14-20-24(22-16-10-8-11-17-22)23-18-12-9-13-19-23/h8-13,16-19,24,26H,4-7,14-15,20-21H2,1-3H3. The molecule has 1 heteroatoms. The van der Waals surface area contributed by atoms with E-state index >= 15 is 0 Å².